The number of ether oxygens (including phenoxy) is 1. The number of carbonyl (C=O) groups excluding carboxylic acids is 1. The Kier molecular flexibility index (Phi) is 4.85. The quantitative estimate of drug-likeness (QED) is 0.606. The van der Waals surface area contributed by atoms with Crippen LogP contribution in [0, 0.1) is 13.8 Å². The minimum Gasteiger partial charge on any atom is -0.497 e. The molecule has 0 saturated heterocycles. The Balaban J connectivity index is 2.06. The van der Waals surface area contributed by atoms with E-state index in [1.807, 2.05) is 18.2 Å². The Morgan fingerprint density at radius 3 is 2.70 bits per heavy atom. The summed E-state index contributed by atoms with van der Waals surface area (Å²) < 4.78 is 5.14. The van der Waals surface area contributed by atoms with Gasteiger partial charge in [0.05, 0.1) is 12.9 Å². The van der Waals surface area contributed by atoms with Crippen molar-refractivity contribution in [2.45, 2.75) is 18.7 Å². The van der Waals surface area contributed by atoms with Crippen molar-refractivity contribution in [3.8, 4) is 5.75 Å². The molecule has 3 heteroatoms. The molecule has 0 atom stereocenters. The van der Waals surface area contributed by atoms with Gasteiger partial charge in [0.1, 0.15) is 5.75 Å². The van der Waals surface area contributed by atoms with Crippen LogP contribution in [0.25, 0.3) is 0 Å². The molecule has 0 aliphatic heterocycles. The molecule has 0 radical (unpaired) electrons. The fourth-order valence-corrected chi connectivity index (χ4v) is 2.90. The molecule has 0 bridgehead atoms. The molecule has 2 aromatic carbocycles. The third-order valence-electron chi connectivity index (χ3n) is 3.09. The van der Waals surface area contributed by atoms with E-state index < -0.39 is 0 Å². The molecule has 0 spiro atoms. The zero-order valence-corrected chi connectivity index (χ0v) is 12.8. The summed E-state index contributed by atoms with van der Waals surface area (Å²) in [6, 6.07) is 13.6. The van der Waals surface area contributed by atoms with Gasteiger partial charge in [-0.15, -0.1) is 11.8 Å². The van der Waals surface area contributed by atoms with Crippen LogP contribution in [-0.2, 0) is 0 Å². The van der Waals surface area contributed by atoms with Crippen molar-refractivity contribution in [1.29, 1.82) is 0 Å². The van der Waals surface area contributed by atoms with Gasteiger partial charge in [-0.1, -0.05) is 29.8 Å². The largest absolute Gasteiger partial charge is 0.497 e. The number of rotatable bonds is 5. The van der Waals surface area contributed by atoms with Crippen LogP contribution in [0.4, 0.5) is 0 Å². The topological polar surface area (TPSA) is 26.3 Å². The van der Waals surface area contributed by atoms with Crippen LogP contribution in [0.15, 0.2) is 47.4 Å². The van der Waals surface area contributed by atoms with E-state index in [2.05, 4.69) is 32.0 Å². The van der Waals surface area contributed by atoms with Gasteiger partial charge < -0.3 is 4.74 Å². The van der Waals surface area contributed by atoms with Gasteiger partial charge in [0, 0.05) is 10.5 Å². The zero-order valence-electron chi connectivity index (χ0n) is 12.0. The lowest BCUT2D eigenvalue weighted by Gasteiger charge is -2.07. The van der Waals surface area contributed by atoms with E-state index >= 15 is 0 Å². The Morgan fingerprint density at radius 2 is 1.95 bits per heavy atom. The molecule has 0 unspecified atom stereocenters. The van der Waals surface area contributed by atoms with E-state index in [-0.39, 0.29) is 5.78 Å². The van der Waals surface area contributed by atoms with Crippen LogP contribution in [0.5, 0.6) is 5.75 Å². The summed E-state index contributed by atoms with van der Waals surface area (Å²) in [5.74, 6) is 1.28. The summed E-state index contributed by atoms with van der Waals surface area (Å²) in [5.41, 5.74) is 3.12. The highest BCUT2D eigenvalue weighted by Crippen LogP contribution is 2.25. The van der Waals surface area contributed by atoms with Gasteiger partial charge in [0.15, 0.2) is 5.78 Å². The fourth-order valence-electron chi connectivity index (χ4n) is 1.89. The first-order valence-electron chi connectivity index (χ1n) is 6.47. The molecule has 2 aromatic rings. The Bertz CT molecular complexity index is 620. The third kappa shape index (κ3) is 3.64. The molecule has 20 heavy (non-hydrogen) atoms. The molecule has 0 N–H and O–H groups in total. The highest BCUT2D eigenvalue weighted by molar-refractivity contribution is 8.00. The summed E-state index contributed by atoms with van der Waals surface area (Å²) in [6.07, 6.45) is 0. The maximum Gasteiger partial charge on any atom is 0.173 e. The van der Waals surface area contributed by atoms with Gasteiger partial charge >= 0.3 is 0 Å². The second kappa shape index (κ2) is 6.62. The number of methoxy groups -OCH3 is 1. The molecule has 2 nitrogen and oxygen atoms in total. The molecular formula is C17H18O2S. The minimum atomic E-state index is 0.120. The Labute approximate surface area is 124 Å². The summed E-state index contributed by atoms with van der Waals surface area (Å²) >= 11 is 1.59. The van der Waals surface area contributed by atoms with Gasteiger partial charge in [0.25, 0.3) is 0 Å². The first kappa shape index (κ1) is 14.7. The van der Waals surface area contributed by atoms with Crippen molar-refractivity contribution < 1.29 is 9.53 Å². The summed E-state index contributed by atoms with van der Waals surface area (Å²) in [7, 11) is 1.61. The standard InChI is InChI=1S/C17H18O2S/c1-12-7-8-13(2)17(9-12)20-11-16(18)14-5-4-6-15(10-14)19-3/h4-10H,11H2,1-3H3. The molecule has 0 heterocycles. The maximum absolute atomic E-state index is 12.2. The van der Waals surface area contributed by atoms with Crippen molar-refractivity contribution in [1.82, 2.24) is 0 Å². The first-order chi connectivity index (χ1) is 9.60. The van der Waals surface area contributed by atoms with Crippen LogP contribution in [-0.4, -0.2) is 18.6 Å². The van der Waals surface area contributed by atoms with Crippen molar-refractivity contribution in [2.24, 2.45) is 0 Å². The second-order valence-corrected chi connectivity index (χ2v) is 5.73. The number of ketones is 1. The highest BCUT2D eigenvalue weighted by Gasteiger charge is 2.09. The SMILES string of the molecule is COc1cccc(C(=O)CSc2cc(C)ccc2C)c1. The number of benzene rings is 2. The molecular weight excluding hydrogens is 268 g/mol. The smallest absolute Gasteiger partial charge is 0.173 e. The van der Waals surface area contributed by atoms with Crippen LogP contribution < -0.4 is 4.74 Å². The van der Waals surface area contributed by atoms with Crippen LogP contribution >= 0.6 is 11.8 Å². The monoisotopic (exact) mass is 286 g/mol. The van der Waals surface area contributed by atoms with Crippen molar-refractivity contribution in [3.63, 3.8) is 0 Å². The normalized spacial score (nSPS) is 10.3. The molecule has 0 saturated carbocycles. The number of carbonyl (C=O) groups is 1. The lowest BCUT2D eigenvalue weighted by atomic mass is 10.1. The van der Waals surface area contributed by atoms with Gasteiger partial charge in [-0.05, 0) is 37.6 Å². The van der Waals surface area contributed by atoms with E-state index in [4.69, 9.17) is 4.74 Å². The van der Waals surface area contributed by atoms with Crippen molar-refractivity contribution >= 4 is 17.5 Å². The van der Waals surface area contributed by atoms with Crippen LogP contribution in [0.1, 0.15) is 21.5 Å². The van der Waals surface area contributed by atoms with Gasteiger partial charge in [-0.25, -0.2) is 0 Å². The second-order valence-electron chi connectivity index (χ2n) is 4.71. The summed E-state index contributed by atoms with van der Waals surface area (Å²) in [4.78, 5) is 13.4. The van der Waals surface area contributed by atoms with Crippen molar-refractivity contribution in [2.75, 3.05) is 12.9 Å². The van der Waals surface area contributed by atoms with Crippen molar-refractivity contribution in [3.05, 3.63) is 59.2 Å². The number of aryl methyl sites for hydroxylation is 2. The zero-order chi connectivity index (χ0) is 14.5. The average Bonchev–Trinajstić information content (AvgIpc) is 2.48. The van der Waals surface area contributed by atoms with Gasteiger partial charge in [0.2, 0.25) is 0 Å². The summed E-state index contributed by atoms with van der Waals surface area (Å²) in [5, 5.41) is 0. The Hall–Kier alpha value is -1.74. The number of hydrogen-bond donors (Lipinski definition) is 0. The van der Waals surface area contributed by atoms with E-state index in [1.54, 1.807) is 24.9 Å². The predicted octanol–water partition coefficient (Wildman–Crippen LogP) is 4.29. The molecule has 0 amide bonds. The summed E-state index contributed by atoms with van der Waals surface area (Å²) in [6.45, 7) is 4.13. The molecule has 0 fully saturated rings. The van der Waals surface area contributed by atoms with Crippen LogP contribution in [0.3, 0.4) is 0 Å². The van der Waals surface area contributed by atoms with E-state index in [0.29, 0.717) is 17.1 Å². The fraction of sp³-hybridized carbons (Fsp3) is 0.235. The minimum absolute atomic E-state index is 0.120. The Morgan fingerprint density at radius 1 is 1.15 bits per heavy atom. The molecule has 0 aliphatic carbocycles. The number of Topliss-reactive ketones (excluding diaryl/α,β-unsaturated/α-hetero) is 1. The lowest BCUT2D eigenvalue weighted by Crippen LogP contribution is -2.02. The van der Waals surface area contributed by atoms with Gasteiger partial charge in [-0.3, -0.25) is 4.79 Å². The first-order valence-corrected chi connectivity index (χ1v) is 7.46. The van der Waals surface area contributed by atoms with E-state index in [0.717, 1.165) is 0 Å². The maximum atomic E-state index is 12.2. The molecule has 0 aliphatic rings. The third-order valence-corrected chi connectivity index (χ3v) is 4.25. The molecule has 0 aromatic heterocycles. The highest BCUT2D eigenvalue weighted by atomic mass is 32.2. The lowest BCUT2D eigenvalue weighted by molar-refractivity contribution is 0.102. The average molecular weight is 286 g/mol. The van der Waals surface area contributed by atoms with Crippen LogP contribution in [0.2, 0.25) is 0 Å². The number of hydrogen-bond acceptors (Lipinski definition) is 3. The molecule has 104 valence electrons. The van der Waals surface area contributed by atoms with E-state index in [9.17, 15) is 4.79 Å². The molecule has 2 rings (SSSR count). The van der Waals surface area contributed by atoms with Gasteiger partial charge in [-0.2, -0.15) is 0 Å². The predicted molar refractivity (Wildman–Crippen MR) is 84.0 cm³/mol. The number of thioether (sulfide) groups is 1. The van der Waals surface area contributed by atoms with E-state index in [1.165, 1.54) is 16.0 Å².